The van der Waals surface area contributed by atoms with E-state index in [0.717, 1.165) is 24.2 Å². The van der Waals surface area contributed by atoms with Crippen LogP contribution in [-0.2, 0) is 4.79 Å². The molecule has 0 bridgehead atoms. The summed E-state index contributed by atoms with van der Waals surface area (Å²) in [7, 11) is 1.57. The molecule has 30 heavy (non-hydrogen) atoms. The summed E-state index contributed by atoms with van der Waals surface area (Å²) < 4.78 is 5.09. The van der Waals surface area contributed by atoms with Gasteiger partial charge in [0.05, 0.1) is 7.11 Å². The van der Waals surface area contributed by atoms with Crippen molar-refractivity contribution in [2.24, 2.45) is 5.92 Å². The van der Waals surface area contributed by atoms with Crippen LogP contribution in [0.3, 0.4) is 0 Å². The van der Waals surface area contributed by atoms with Crippen LogP contribution >= 0.6 is 11.3 Å². The maximum atomic E-state index is 12.7. The van der Waals surface area contributed by atoms with Gasteiger partial charge in [-0.2, -0.15) is 0 Å². The predicted molar refractivity (Wildman–Crippen MR) is 111 cm³/mol. The van der Waals surface area contributed by atoms with Gasteiger partial charge in [0.2, 0.25) is 15.9 Å². The maximum Gasteiger partial charge on any atom is 0.286 e. The number of methoxy groups -OCH3 is 1. The summed E-state index contributed by atoms with van der Waals surface area (Å²) in [5.41, 5.74) is 0.593. The van der Waals surface area contributed by atoms with E-state index in [1.807, 2.05) is 0 Å². The highest BCUT2D eigenvalue weighted by molar-refractivity contribution is 7.15. The number of rotatable bonds is 6. The number of anilines is 1. The van der Waals surface area contributed by atoms with E-state index in [4.69, 9.17) is 4.74 Å². The number of nitrogens with zero attached hydrogens (tertiary/aromatic N) is 3. The molecule has 1 saturated heterocycles. The zero-order chi connectivity index (χ0) is 21.1. The molecule has 2 aromatic rings. The molecule has 2 heterocycles. The van der Waals surface area contributed by atoms with Crippen LogP contribution in [0.15, 0.2) is 24.3 Å². The Labute approximate surface area is 177 Å². The number of hydrogen-bond donors (Lipinski definition) is 2. The molecule has 1 saturated carbocycles. The second-order valence-corrected chi connectivity index (χ2v) is 8.42. The first-order valence-electron chi connectivity index (χ1n) is 9.92. The van der Waals surface area contributed by atoms with E-state index in [9.17, 15) is 14.4 Å². The van der Waals surface area contributed by atoms with E-state index in [0.29, 0.717) is 43.4 Å². The molecule has 0 spiro atoms. The van der Waals surface area contributed by atoms with E-state index in [1.54, 1.807) is 36.3 Å². The molecule has 9 nitrogen and oxygen atoms in total. The van der Waals surface area contributed by atoms with Crippen LogP contribution in [0, 0.1) is 5.92 Å². The Bertz CT molecular complexity index is 933. The van der Waals surface area contributed by atoms with Crippen molar-refractivity contribution in [3.63, 3.8) is 0 Å². The first-order valence-corrected chi connectivity index (χ1v) is 10.7. The SMILES string of the molecule is COc1ccc(NC(=O)c2nnc(C(=O)N3CCC(C(=O)NC4CC4)CC3)s2)cc1. The number of hydrogen-bond acceptors (Lipinski definition) is 7. The predicted octanol–water partition coefficient (Wildman–Crippen LogP) is 1.93. The number of nitrogens with one attached hydrogen (secondary N) is 2. The Kier molecular flexibility index (Phi) is 5.93. The van der Waals surface area contributed by atoms with Crippen molar-refractivity contribution in [1.82, 2.24) is 20.4 Å². The number of piperidine rings is 1. The number of ether oxygens (including phenoxy) is 1. The normalized spacial score (nSPS) is 16.8. The number of carbonyl (C=O) groups is 3. The quantitative estimate of drug-likeness (QED) is 0.725. The third kappa shape index (κ3) is 4.76. The van der Waals surface area contributed by atoms with Gasteiger partial charge in [-0.25, -0.2) is 0 Å². The van der Waals surface area contributed by atoms with Gasteiger partial charge >= 0.3 is 0 Å². The number of aromatic nitrogens is 2. The molecule has 0 radical (unpaired) electrons. The van der Waals surface area contributed by atoms with E-state index < -0.39 is 5.91 Å². The van der Waals surface area contributed by atoms with Crippen molar-refractivity contribution in [3.8, 4) is 5.75 Å². The first kappa shape index (κ1) is 20.3. The topological polar surface area (TPSA) is 114 Å². The van der Waals surface area contributed by atoms with Gasteiger partial charge in [0.15, 0.2) is 0 Å². The van der Waals surface area contributed by atoms with Crippen molar-refractivity contribution in [2.75, 3.05) is 25.5 Å². The van der Waals surface area contributed by atoms with Crippen molar-refractivity contribution in [1.29, 1.82) is 0 Å². The second kappa shape index (κ2) is 8.78. The lowest BCUT2D eigenvalue weighted by Gasteiger charge is -2.30. The third-order valence-corrected chi connectivity index (χ3v) is 6.14. The molecule has 10 heteroatoms. The summed E-state index contributed by atoms with van der Waals surface area (Å²) in [5, 5.41) is 13.8. The van der Waals surface area contributed by atoms with Gasteiger partial charge in [0.1, 0.15) is 5.75 Å². The summed E-state index contributed by atoms with van der Waals surface area (Å²) >= 11 is 0.964. The fourth-order valence-electron chi connectivity index (χ4n) is 3.29. The Hall–Kier alpha value is -3.01. The van der Waals surface area contributed by atoms with Gasteiger partial charge in [-0.05, 0) is 49.9 Å². The number of amides is 3. The zero-order valence-electron chi connectivity index (χ0n) is 16.6. The lowest BCUT2D eigenvalue weighted by Crippen LogP contribution is -2.43. The largest absolute Gasteiger partial charge is 0.497 e. The number of likely N-dealkylation sites (tertiary alicyclic amines) is 1. The molecule has 1 aromatic carbocycles. The van der Waals surface area contributed by atoms with E-state index in [-0.39, 0.29) is 27.7 Å². The highest BCUT2D eigenvalue weighted by Gasteiger charge is 2.32. The fraction of sp³-hybridized carbons (Fsp3) is 0.450. The van der Waals surface area contributed by atoms with Crippen LogP contribution in [0.4, 0.5) is 5.69 Å². The van der Waals surface area contributed by atoms with Gasteiger partial charge in [0.25, 0.3) is 11.8 Å². The standard InChI is InChI=1S/C20H23N5O4S/c1-29-15-6-4-14(5-7-15)22-17(27)18-23-24-19(30-18)20(28)25-10-8-12(9-11-25)16(26)21-13-2-3-13/h4-7,12-13H,2-3,8-11H2,1H3,(H,21,26)(H,22,27). The molecule has 4 rings (SSSR count). The Morgan fingerprint density at radius 3 is 2.33 bits per heavy atom. The van der Waals surface area contributed by atoms with Crippen LogP contribution < -0.4 is 15.4 Å². The van der Waals surface area contributed by atoms with Crippen LogP contribution in [0.2, 0.25) is 0 Å². The molecule has 158 valence electrons. The summed E-state index contributed by atoms with van der Waals surface area (Å²) in [5.74, 6) is 0.0581. The second-order valence-electron chi connectivity index (χ2n) is 7.44. The van der Waals surface area contributed by atoms with E-state index >= 15 is 0 Å². The minimum atomic E-state index is -0.424. The molecular weight excluding hydrogens is 406 g/mol. The van der Waals surface area contributed by atoms with E-state index in [2.05, 4.69) is 20.8 Å². The summed E-state index contributed by atoms with van der Waals surface area (Å²) in [4.78, 5) is 39.0. The average molecular weight is 430 g/mol. The van der Waals surface area contributed by atoms with Crippen LogP contribution in [0.1, 0.15) is 45.3 Å². The molecule has 0 atom stereocenters. The van der Waals surface area contributed by atoms with Crippen molar-refractivity contribution in [3.05, 3.63) is 34.3 Å². The van der Waals surface area contributed by atoms with E-state index in [1.165, 1.54) is 0 Å². The molecule has 2 N–H and O–H groups in total. The molecule has 0 unspecified atom stereocenters. The summed E-state index contributed by atoms with van der Waals surface area (Å²) in [6.07, 6.45) is 3.39. The van der Waals surface area contributed by atoms with Crippen molar-refractivity contribution >= 4 is 34.7 Å². The van der Waals surface area contributed by atoms with Gasteiger partial charge in [0, 0.05) is 30.7 Å². The Morgan fingerprint density at radius 2 is 1.70 bits per heavy atom. The smallest absolute Gasteiger partial charge is 0.286 e. The average Bonchev–Trinajstić information content (AvgIpc) is 3.45. The zero-order valence-corrected chi connectivity index (χ0v) is 17.4. The van der Waals surface area contributed by atoms with Crippen molar-refractivity contribution < 1.29 is 19.1 Å². The Balaban J connectivity index is 1.31. The monoisotopic (exact) mass is 429 g/mol. The lowest BCUT2D eigenvalue weighted by atomic mass is 9.96. The molecule has 1 aliphatic heterocycles. The van der Waals surface area contributed by atoms with Gasteiger partial charge < -0.3 is 20.3 Å². The number of benzene rings is 1. The Morgan fingerprint density at radius 1 is 1.03 bits per heavy atom. The third-order valence-electron chi connectivity index (χ3n) is 5.23. The molecule has 3 amide bonds. The van der Waals surface area contributed by atoms with Crippen LogP contribution in [-0.4, -0.2) is 59.1 Å². The van der Waals surface area contributed by atoms with Crippen LogP contribution in [0.5, 0.6) is 5.75 Å². The minimum absolute atomic E-state index is 0.0464. The maximum absolute atomic E-state index is 12.7. The van der Waals surface area contributed by atoms with Crippen LogP contribution in [0.25, 0.3) is 0 Å². The molecule has 1 aliphatic carbocycles. The van der Waals surface area contributed by atoms with Gasteiger partial charge in [-0.15, -0.1) is 10.2 Å². The summed E-state index contributed by atoms with van der Waals surface area (Å²) in [6, 6.07) is 7.25. The minimum Gasteiger partial charge on any atom is -0.497 e. The van der Waals surface area contributed by atoms with Gasteiger partial charge in [-0.3, -0.25) is 14.4 Å². The molecular formula is C20H23N5O4S. The number of carbonyl (C=O) groups excluding carboxylic acids is 3. The van der Waals surface area contributed by atoms with Crippen molar-refractivity contribution in [2.45, 2.75) is 31.7 Å². The highest BCUT2D eigenvalue weighted by Crippen LogP contribution is 2.24. The van der Waals surface area contributed by atoms with Gasteiger partial charge in [-0.1, -0.05) is 11.3 Å². The lowest BCUT2D eigenvalue weighted by molar-refractivity contribution is -0.126. The fourth-order valence-corrected chi connectivity index (χ4v) is 3.99. The molecule has 2 aliphatic rings. The summed E-state index contributed by atoms with van der Waals surface area (Å²) in [6.45, 7) is 0.989. The first-order chi connectivity index (χ1) is 14.5. The molecule has 1 aromatic heterocycles. The molecule has 2 fully saturated rings. The highest BCUT2D eigenvalue weighted by atomic mass is 32.1.